The predicted molar refractivity (Wildman–Crippen MR) is 122 cm³/mol. The van der Waals surface area contributed by atoms with Crippen molar-refractivity contribution in [3.8, 4) is 5.75 Å². The van der Waals surface area contributed by atoms with Crippen LogP contribution in [0.2, 0.25) is 0 Å². The number of ketones is 2. The molecule has 1 saturated carbocycles. The van der Waals surface area contributed by atoms with Crippen molar-refractivity contribution in [2.45, 2.75) is 44.4 Å². The normalized spacial score (nSPS) is 28.7. The fourth-order valence-corrected chi connectivity index (χ4v) is 5.92. The summed E-state index contributed by atoms with van der Waals surface area (Å²) in [6.45, 7) is 1.93. The molecule has 182 valence electrons. The molecule has 3 aliphatic rings. The number of nitrogens with two attached hydrogens (primary N) is 2. The molecule has 1 aromatic rings. The van der Waals surface area contributed by atoms with Crippen LogP contribution in [-0.2, 0) is 33.8 Å². The third-order valence-corrected chi connectivity index (χ3v) is 7.49. The van der Waals surface area contributed by atoms with Gasteiger partial charge in [0.2, 0.25) is 5.78 Å². The van der Waals surface area contributed by atoms with E-state index < -0.39 is 58.0 Å². The zero-order chi connectivity index (χ0) is 25.3. The molecule has 0 aliphatic heterocycles. The number of hydrogen-bond donors (Lipinski definition) is 6. The monoisotopic (exact) mass is 471 g/mol. The summed E-state index contributed by atoms with van der Waals surface area (Å²) in [6, 6.07) is 0.671. The highest BCUT2D eigenvalue weighted by atomic mass is 16.3. The summed E-state index contributed by atoms with van der Waals surface area (Å²) in [6.07, 6.45) is 0.932. The number of phenols is 1. The van der Waals surface area contributed by atoms with Gasteiger partial charge < -0.3 is 31.9 Å². The quantitative estimate of drug-likeness (QED) is 0.328. The number of fused-ring (bicyclic) bond motifs is 3. The number of primary amides is 1. The van der Waals surface area contributed by atoms with Crippen LogP contribution in [0.15, 0.2) is 23.0 Å². The maximum Gasteiger partial charge on any atom is 0.255 e. The lowest BCUT2D eigenvalue weighted by Gasteiger charge is -2.50. The van der Waals surface area contributed by atoms with E-state index in [1.54, 1.807) is 20.2 Å². The lowest BCUT2D eigenvalue weighted by Crippen LogP contribution is -2.65. The van der Waals surface area contributed by atoms with Crippen LogP contribution in [0.3, 0.4) is 0 Å². The molecule has 1 amide bonds. The number of phenolic OH excluding ortho intramolecular Hbond substituents is 1. The SMILES string of the molecule is CCc1cc(CN)c(O)c2c1C[C@@H]1C[C@@H]3[C@@H](N(C)C)C(=O)C(C(N)=O)=C(O)[C@]3(O)C(=O)C1=C2O. The zero-order valence-electron chi connectivity index (χ0n) is 19.3. The standard InChI is InChI=1S/C24H29N3O7/c1-4-9-5-11(8-25)18(28)15-12(9)6-10-7-13-17(27(2)3)20(30)16(23(26)33)22(32)24(13,34)21(31)14(10)19(15)29/h5,10,13,17,28-29,32,34H,4,6-8,25H2,1-3H3,(H2,26,33)/t10-,13-,17-,24-/m1/s1. The van der Waals surface area contributed by atoms with Gasteiger partial charge in [-0.2, -0.15) is 0 Å². The number of aromatic hydroxyl groups is 1. The van der Waals surface area contributed by atoms with Gasteiger partial charge in [0, 0.05) is 23.6 Å². The van der Waals surface area contributed by atoms with Gasteiger partial charge in [-0.3, -0.25) is 19.3 Å². The Morgan fingerprint density at radius 2 is 1.85 bits per heavy atom. The third kappa shape index (κ3) is 2.95. The molecule has 0 spiro atoms. The highest BCUT2D eigenvalue weighted by Crippen LogP contribution is 2.53. The molecule has 4 rings (SSSR count). The van der Waals surface area contributed by atoms with Gasteiger partial charge >= 0.3 is 0 Å². The number of Topliss-reactive ketones (excluding diaryl/α,β-unsaturated/α-hetero) is 2. The molecule has 0 aromatic heterocycles. The minimum atomic E-state index is -2.64. The summed E-state index contributed by atoms with van der Waals surface area (Å²) in [5.41, 5.74) is 9.44. The lowest BCUT2D eigenvalue weighted by atomic mass is 9.57. The summed E-state index contributed by atoms with van der Waals surface area (Å²) in [5.74, 6) is -6.58. The van der Waals surface area contributed by atoms with E-state index in [0.717, 1.165) is 5.56 Å². The number of carbonyl (C=O) groups excluding carboxylic acids is 3. The van der Waals surface area contributed by atoms with Crippen molar-refractivity contribution in [1.29, 1.82) is 0 Å². The van der Waals surface area contributed by atoms with Gasteiger partial charge in [0.15, 0.2) is 11.4 Å². The van der Waals surface area contributed by atoms with Crippen molar-refractivity contribution in [2.75, 3.05) is 14.1 Å². The molecule has 0 bridgehead atoms. The highest BCUT2D eigenvalue weighted by Gasteiger charge is 2.64. The van der Waals surface area contributed by atoms with Gasteiger partial charge in [-0.25, -0.2) is 0 Å². The van der Waals surface area contributed by atoms with Crippen LogP contribution < -0.4 is 11.5 Å². The van der Waals surface area contributed by atoms with E-state index in [9.17, 15) is 34.8 Å². The van der Waals surface area contributed by atoms with Gasteiger partial charge in [-0.15, -0.1) is 0 Å². The van der Waals surface area contributed by atoms with E-state index in [1.807, 2.05) is 6.92 Å². The number of nitrogens with zero attached hydrogens (tertiary/aromatic N) is 1. The van der Waals surface area contributed by atoms with Gasteiger partial charge in [0.05, 0.1) is 11.6 Å². The summed E-state index contributed by atoms with van der Waals surface area (Å²) in [4.78, 5) is 40.3. The molecule has 0 radical (unpaired) electrons. The van der Waals surface area contributed by atoms with Gasteiger partial charge in [-0.05, 0) is 50.4 Å². The Hall–Kier alpha value is -3.21. The molecule has 10 nitrogen and oxygen atoms in total. The number of amides is 1. The molecule has 1 aromatic carbocycles. The van der Waals surface area contributed by atoms with Crippen LogP contribution in [0.5, 0.6) is 5.75 Å². The Balaban J connectivity index is 2.00. The Kier molecular flexibility index (Phi) is 5.58. The maximum absolute atomic E-state index is 13.8. The first kappa shape index (κ1) is 23.9. The summed E-state index contributed by atoms with van der Waals surface area (Å²) >= 11 is 0. The van der Waals surface area contributed by atoms with Crippen molar-refractivity contribution in [3.05, 3.63) is 45.2 Å². The molecule has 0 heterocycles. The fourth-order valence-electron chi connectivity index (χ4n) is 5.92. The van der Waals surface area contributed by atoms with Gasteiger partial charge in [0.25, 0.3) is 5.91 Å². The van der Waals surface area contributed by atoms with Crippen LogP contribution in [-0.4, -0.2) is 68.5 Å². The minimum absolute atomic E-state index is 0.0102. The van der Waals surface area contributed by atoms with Crippen LogP contribution >= 0.6 is 0 Å². The summed E-state index contributed by atoms with van der Waals surface area (Å²) in [7, 11) is 3.13. The first-order valence-corrected chi connectivity index (χ1v) is 11.1. The fraction of sp³-hybridized carbons (Fsp3) is 0.458. The number of likely N-dealkylation sites (N-methyl/N-ethyl adjacent to an activating group) is 1. The van der Waals surface area contributed by atoms with Crippen molar-refractivity contribution >= 4 is 23.2 Å². The van der Waals surface area contributed by atoms with Crippen LogP contribution in [0.4, 0.5) is 0 Å². The Bertz CT molecular complexity index is 1200. The molecule has 1 fully saturated rings. The first-order valence-electron chi connectivity index (χ1n) is 11.1. The number of hydrogen-bond acceptors (Lipinski definition) is 9. The smallest absolute Gasteiger partial charge is 0.255 e. The number of rotatable bonds is 4. The maximum atomic E-state index is 13.8. The first-order chi connectivity index (χ1) is 15.9. The Labute approximate surface area is 196 Å². The van der Waals surface area contributed by atoms with Gasteiger partial charge in [0.1, 0.15) is 22.8 Å². The molecule has 3 aliphatic carbocycles. The average Bonchev–Trinajstić information content (AvgIpc) is 2.76. The van der Waals surface area contributed by atoms with Crippen LogP contribution in [0.25, 0.3) is 5.76 Å². The average molecular weight is 472 g/mol. The van der Waals surface area contributed by atoms with Crippen molar-refractivity contribution in [1.82, 2.24) is 4.90 Å². The zero-order valence-corrected chi connectivity index (χ0v) is 19.3. The highest BCUT2D eigenvalue weighted by molar-refractivity contribution is 6.24. The number of carbonyl (C=O) groups is 3. The second-order valence-corrected chi connectivity index (χ2v) is 9.42. The van der Waals surface area contributed by atoms with E-state index in [-0.39, 0.29) is 36.3 Å². The van der Waals surface area contributed by atoms with E-state index >= 15 is 0 Å². The third-order valence-electron chi connectivity index (χ3n) is 7.49. The number of aliphatic hydroxyl groups is 3. The van der Waals surface area contributed by atoms with E-state index in [2.05, 4.69) is 0 Å². The molecule has 0 unspecified atom stereocenters. The second-order valence-electron chi connectivity index (χ2n) is 9.42. The molecule has 34 heavy (non-hydrogen) atoms. The predicted octanol–water partition coefficient (Wildman–Crippen LogP) is -0.0149. The summed E-state index contributed by atoms with van der Waals surface area (Å²) < 4.78 is 0. The van der Waals surface area contributed by atoms with Crippen LogP contribution in [0.1, 0.15) is 35.6 Å². The molecule has 4 atom stereocenters. The van der Waals surface area contributed by atoms with E-state index in [4.69, 9.17) is 11.5 Å². The largest absolute Gasteiger partial charge is 0.508 e. The molecule has 0 saturated heterocycles. The molecular weight excluding hydrogens is 442 g/mol. The van der Waals surface area contributed by atoms with Crippen molar-refractivity contribution in [3.63, 3.8) is 0 Å². The summed E-state index contributed by atoms with van der Waals surface area (Å²) in [5, 5.41) is 44.4. The molecule has 10 heteroatoms. The number of benzene rings is 1. The van der Waals surface area contributed by atoms with E-state index in [0.29, 0.717) is 17.5 Å². The molecule has 8 N–H and O–H groups in total. The van der Waals surface area contributed by atoms with Gasteiger partial charge in [-0.1, -0.05) is 13.0 Å². The Morgan fingerprint density at radius 3 is 2.38 bits per heavy atom. The molecular formula is C24H29N3O7. The second kappa shape index (κ2) is 7.93. The number of aliphatic hydroxyl groups excluding tert-OH is 2. The lowest BCUT2D eigenvalue weighted by molar-refractivity contribution is -0.153. The van der Waals surface area contributed by atoms with E-state index in [1.165, 1.54) is 4.90 Å². The van der Waals surface area contributed by atoms with Crippen LogP contribution in [0, 0.1) is 11.8 Å². The Morgan fingerprint density at radius 1 is 1.21 bits per heavy atom. The van der Waals surface area contributed by atoms with Crippen molar-refractivity contribution < 1.29 is 34.8 Å². The van der Waals surface area contributed by atoms with Crippen molar-refractivity contribution in [2.24, 2.45) is 23.3 Å². The topological polar surface area (TPSA) is 187 Å². The number of aryl methyl sites for hydroxylation is 1. The minimum Gasteiger partial charge on any atom is -0.508 e.